The molecule has 0 radical (unpaired) electrons. The lowest BCUT2D eigenvalue weighted by Gasteiger charge is -2.26. The minimum atomic E-state index is -4.01. The number of benzene rings is 2. The van der Waals surface area contributed by atoms with Crippen LogP contribution in [0.3, 0.4) is 0 Å². The molecule has 1 heterocycles. The van der Waals surface area contributed by atoms with E-state index in [-0.39, 0.29) is 16.4 Å². The highest BCUT2D eigenvalue weighted by Crippen LogP contribution is 2.38. The van der Waals surface area contributed by atoms with E-state index in [9.17, 15) is 22.9 Å². The molecule has 0 bridgehead atoms. The summed E-state index contributed by atoms with van der Waals surface area (Å²) in [6.45, 7) is 3.24. The van der Waals surface area contributed by atoms with E-state index in [1.54, 1.807) is 26.0 Å². The highest BCUT2D eigenvalue weighted by molar-refractivity contribution is 7.99. The molecule has 0 aromatic heterocycles. The van der Waals surface area contributed by atoms with E-state index in [1.165, 1.54) is 23.9 Å². The van der Waals surface area contributed by atoms with Crippen molar-refractivity contribution in [3.05, 3.63) is 63.0 Å². The van der Waals surface area contributed by atoms with Crippen molar-refractivity contribution in [1.29, 1.82) is 0 Å². The molecule has 9 heteroatoms. The van der Waals surface area contributed by atoms with Gasteiger partial charge in [0.25, 0.3) is 5.69 Å². The third kappa shape index (κ3) is 3.46. The van der Waals surface area contributed by atoms with Gasteiger partial charge in [-0.05, 0) is 48.8 Å². The van der Waals surface area contributed by atoms with Crippen LogP contribution in [0.25, 0.3) is 0 Å². The fourth-order valence-electron chi connectivity index (χ4n) is 2.95. The van der Waals surface area contributed by atoms with Gasteiger partial charge in [0.1, 0.15) is 5.82 Å². The standard InChI is InChI=1S/C17H17FN2O4S2/c1-10-8-12(20(21)22)9-16(11(10)2)26(23,24)19-15-6-7-25-17-13(15)4-3-5-14(17)18/h3-5,8-9,15,19H,6-7H2,1-2H3. The monoisotopic (exact) mass is 396 g/mol. The molecular weight excluding hydrogens is 379 g/mol. The summed E-state index contributed by atoms with van der Waals surface area (Å²) in [5.74, 6) is 0.201. The number of rotatable bonds is 4. The number of aryl methyl sites for hydroxylation is 1. The number of hydrogen-bond acceptors (Lipinski definition) is 5. The van der Waals surface area contributed by atoms with Crippen LogP contribution >= 0.6 is 11.8 Å². The van der Waals surface area contributed by atoms with Crippen molar-refractivity contribution in [3.8, 4) is 0 Å². The Kier molecular flexibility index (Phi) is 5.05. The molecule has 1 N–H and O–H groups in total. The van der Waals surface area contributed by atoms with E-state index in [4.69, 9.17) is 0 Å². The normalized spacial score (nSPS) is 17.0. The Labute approximate surface area is 155 Å². The van der Waals surface area contributed by atoms with Crippen molar-refractivity contribution in [2.24, 2.45) is 0 Å². The van der Waals surface area contributed by atoms with Crippen molar-refractivity contribution in [2.75, 3.05) is 5.75 Å². The second-order valence-electron chi connectivity index (χ2n) is 6.11. The molecule has 0 amide bonds. The van der Waals surface area contributed by atoms with Crippen LogP contribution in [0.15, 0.2) is 40.1 Å². The Morgan fingerprint density at radius 1 is 1.31 bits per heavy atom. The first-order chi connectivity index (χ1) is 12.2. The van der Waals surface area contributed by atoms with E-state index >= 15 is 0 Å². The molecule has 1 atom stereocenters. The maximum atomic E-state index is 14.0. The molecule has 0 aliphatic carbocycles. The first-order valence-corrected chi connectivity index (χ1v) is 10.4. The highest BCUT2D eigenvalue weighted by atomic mass is 32.2. The van der Waals surface area contributed by atoms with Crippen molar-refractivity contribution >= 4 is 27.5 Å². The van der Waals surface area contributed by atoms with Crippen LogP contribution in [0.4, 0.5) is 10.1 Å². The third-order valence-corrected chi connectivity index (χ3v) is 7.19. The van der Waals surface area contributed by atoms with Crippen LogP contribution in [0.1, 0.15) is 29.2 Å². The van der Waals surface area contributed by atoms with Crippen molar-refractivity contribution in [2.45, 2.75) is 36.1 Å². The van der Waals surface area contributed by atoms with E-state index in [2.05, 4.69) is 4.72 Å². The second kappa shape index (κ2) is 6.98. The lowest BCUT2D eigenvalue weighted by Crippen LogP contribution is -2.31. The van der Waals surface area contributed by atoms with Crippen LogP contribution < -0.4 is 4.72 Å². The van der Waals surface area contributed by atoms with E-state index < -0.39 is 21.0 Å². The van der Waals surface area contributed by atoms with Crippen molar-refractivity contribution < 1.29 is 17.7 Å². The predicted molar refractivity (Wildman–Crippen MR) is 97.4 cm³/mol. The zero-order valence-electron chi connectivity index (χ0n) is 14.2. The second-order valence-corrected chi connectivity index (χ2v) is 8.90. The molecule has 2 aromatic rings. The summed E-state index contributed by atoms with van der Waals surface area (Å²) < 4.78 is 42.4. The zero-order valence-corrected chi connectivity index (χ0v) is 15.8. The van der Waals surface area contributed by atoms with Crippen molar-refractivity contribution in [3.63, 3.8) is 0 Å². The molecule has 0 fully saturated rings. The Morgan fingerprint density at radius 3 is 2.73 bits per heavy atom. The zero-order chi connectivity index (χ0) is 19.1. The smallest absolute Gasteiger partial charge is 0.258 e. The SMILES string of the molecule is Cc1cc([N+](=O)[O-])cc(S(=O)(=O)NC2CCSc3c(F)cccc32)c1C. The van der Waals surface area contributed by atoms with E-state index in [0.717, 1.165) is 6.07 Å². The summed E-state index contributed by atoms with van der Waals surface area (Å²) in [5, 5.41) is 11.1. The Hall–Kier alpha value is -1.97. The minimum Gasteiger partial charge on any atom is -0.258 e. The molecule has 6 nitrogen and oxygen atoms in total. The van der Waals surface area contributed by atoms with Crippen LogP contribution in [-0.4, -0.2) is 19.1 Å². The van der Waals surface area contributed by atoms with Gasteiger partial charge >= 0.3 is 0 Å². The molecule has 0 saturated carbocycles. The van der Waals surface area contributed by atoms with Crippen LogP contribution in [-0.2, 0) is 10.0 Å². The number of fused-ring (bicyclic) bond motifs is 1. The molecule has 0 spiro atoms. The first-order valence-electron chi connectivity index (χ1n) is 7.90. The van der Waals surface area contributed by atoms with Gasteiger partial charge in [0.15, 0.2) is 0 Å². The van der Waals surface area contributed by atoms with Crippen LogP contribution in [0.2, 0.25) is 0 Å². The number of sulfonamides is 1. The Bertz CT molecular complexity index is 992. The average Bonchev–Trinajstić information content (AvgIpc) is 2.57. The molecule has 0 saturated heterocycles. The van der Waals surface area contributed by atoms with Gasteiger partial charge in [-0.1, -0.05) is 12.1 Å². The number of non-ortho nitro benzene ring substituents is 1. The molecule has 26 heavy (non-hydrogen) atoms. The number of nitrogens with zero attached hydrogens (tertiary/aromatic N) is 1. The quantitative estimate of drug-likeness (QED) is 0.626. The number of hydrogen-bond donors (Lipinski definition) is 1. The molecule has 1 aliphatic rings. The third-order valence-electron chi connectivity index (χ3n) is 4.43. The van der Waals surface area contributed by atoms with Gasteiger partial charge in [-0.3, -0.25) is 10.1 Å². The van der Waals surface area contributed by atoms with Gasteiger partial charge in [-0.15, -0.1) is 11.8 Å². The molecule has 1 aliphatic heterocycles. The lowest BCUT2D eigenvalue weighted by molar-refractivity contribution is -0.385. The van der Waals surface area contributed by atoms with E-state index in [1.807, 2.05) is 0 Å². The number of halogens is 1. The molecule has 3 rings (SSSR count). The van der Waals surface area contributed by atoms with Crippen LogP contribution in [0.5, 0.6) is 0 Å². The number of thioether (sulfide) groups is 1. The number of nitro benzene ring substituents is 1. The maximum absolute atomic E-state index is 14.0. The van der Waals surface area contributed by atoms with Crippen molar-refractivity contribution in [1.82, 2.24) is 4.72 Å². The topological polar surface area (TPSA) is 89.3 Å². The fourth-order valence-corrected chi connectivity index (χ4v) is 5.68. The van der Waals surface area contributed by atoms with Gasteiger partial charge in [0.05, 0.1) is 9.82 Å². The summed E-state index contributed by atoms with van der Waals surface area (Å²) >= 11 is 1.35. The van der Waals surface area contributed by atoms with Crippen LogP contribution in [0, 0.1) is 29.8 Å². The molecule has 2 aromatic carbocycles. The summed E-state index contributed by atoms with van der Waals surface area (Å²) in [6, 6.07) is 6.42. The predicted octanol–water partition coefficient (Wildman–Crippen LogP) is 3.87. The largest absolute Gasteiger partial charge is 0.271 e. The maximum Gasteiger partial charge on any atom is 0.271 e. The first kappa shape index (κ1) is 18.8. The van der Waals surface area contributed by atoms with E-state index in [0.29, 0.717) is 33.8 Å². The average molecular weight is 396 g/mol. The summed E-state index contributed by atoms with van der Waals surface area (Å²) in [7, 11) is -4.01. The van der Waals surface area contributed by atoms with Gasteiger partial charge in [-0.2, -0.15) is 0 Å². The molecule has 138 valence electrons. The van der Waals surface area contributed by atoms with Gasteiger partial charge in [0.2, 0.25) is 10.0 Å². The Balaban J connectivity index is 2.02. The highest BCUT2D eigenvalue weighted by Gasteiger charge is 2.29. The van der Waals surface area contributed by atoms with Gasteiger partial charge in [-0.25, -0.2) is 17.5 Å². The molecular formula is C17H17FN2O4S2. The summed E-state index contributed by atoms with van der Waals surface area (Å²) in [4.78, 5) is 10.8. The minimum absolute atomic E-state index is 0.125. The number of nitro groups is 1. The summed E-state index contributed by atoms with van der Waals surface area (Å²) in [6.07, 6.45) is 0.507. The van der Waals surface area contributed by atoms with Gasteiger partial charge in [0, 0.05) is 23.1 Å². The number of nitrogens with one attached hydrogen (secondary N) is 1. The Morgan fingerprint density at radius 2 is 2.04 bits per heavy atom. The molecule has 1 unspecified atom stereocenters. The fraction of sp³-hybridized carbons (Fsp3) is 0.294. The van der Waals surface area contributed by atoms with Gasteiger partial charge < -0.3 is 0 Å². The summed E-state index contributed by atoms with van der Waals surface area (Å²) in [5.41, 5.74) is 1.28. The lowest BCUT2D eigenvalue weighted by atomic mass is 10.0.